The average molecular weight is 442 g/mol. The minimum Gasteiger partial charge on any atom is -0.481 e. The van der Waals surface area contributed by atoms with Gasteiger partial charge in [-0.2, -0.15) is 0 Å². The topological polar surface area (TPSA) is 155 Å². The van der Waals surface area contributed by atoms with Gasteiger partial charge >= 0.3 is 19.8 Å². The number of nitrogens with one attached hydrogen (secondary N) is 1. The number of nitrogens with zero attached hydrogens (tertiary/aromatic N) is 1. The lowest BCUT2D eigenvalue weighted by Crippen LogP contribution is -2.54. The van der Waals surface area contributed by atoms with Crippen molar-refractivity contribution in [2.24, 2.45) is 0 Å². The van der Waals surface area contributed by atoms with Crippen molar-refractivity contribution in [1.29, 1.82) is 0 Å². The van der Waals surface area contributed by atoms with E-state index in [9.17, 15) is 24.2 Å². The highest BCUT2D eigenvalue weighted by Gasteiger charge is 2.36. The molecule has 0 aliphatic carbocycles. The Labute approximate surface area is 171 Å². The van der Waals surface area contributed by atoms with Crippen LogP contribution in [-0.2, 0) is 27.9 Å². The second-order valence-corrected chi connectivity index (χ2v) is 8.37. The van der Waals surface area contributed by atoms with Crippen LogP contribution in [0.1, 0.15) is 44.9 Å². The Bertz CT molecular complexity index is 527. The summed E-state index contributed by atoms with van der Waals surface area (Å²) in [4.78, 5) is 33.9. The number of aliphatic carboxylic acids is 1. The highest BCUT2D eigenvalue weighted by Crippen LogP contribution is 2.43. The van der Waals surface area contributed by atoms with Gasteiger partial charge in [0.2, 0.25) is 5.72 Å². The number of esters is 1. The van der Waals surface area contributed by atoms with Crippen LogP contribution < -0.4 is 5.32 Å². The summed E-state index contributed by atoms with van der Waals surface area (Å²) in [7, 11) is 0.606. The van der Waals surface area contributed by atoms with Crippen LogP contribution in [0.3, 0.4) is 0 Å². The molecule has 29 heavy (non-hydrogen) atoms. The molecule has 0 rings (SSSR count). The molecule has 0 aliphatic heterocycles. The van der Waals surface area contributed by atoms with E-state index in [2.05, 4.69) is 5.32 Å². The van der Waals surface area contributed by atoms with Gasteiger partial charge in [-0.15, -0.1) is 0 Å². The van der Waals surface area contributed by atoms with E-state index in [0.717, 1.165) is 19.3 Å². The minimum absolute atomic E-state index is 0.0291. The number of carboxylic acids is 1. The average Bonchev–Trinajstić information content (AvgIpc) is 2.63. The molecule has 0 spiro atoms. The molecule has 0 saturated carbocycles. The van der Waals surface area contributed by atoms with Crippen LogP contribution in [0.25, 0.3) is 0 Å². The van der Waals surface area contributed by atoms with E-state index in [1.165, 1.54) is 7.05 Å². The van der Waals surface area contributed by atoms with E-state index in [0.29, 0.717) is 19.4 Å². The molecule has 2 unspecified atom stereocenters. The van der Waals surface area contributed by atoms with E-state index >= 15 is 0 Å². The summed E-state index contributed by atoms with van der Waals surface area (Å²) in [6, 6.07) is 0. The quantitative estimate of drug-likeness (QED) is 0.104. The van der Waals surface area contributed by atoms with Crippen LogP contribution in [0.2, 0.25) is 0 Å². The van der Waals surface area contributed by atoms with Crippen LogP contribution in [0, 0.1) is 0 Å². The first-order valence-corrected chi connectivity index (χ1v) is 11.1. The van der Waals surface area contributed by atoms with Crippen molar-refractivity contribution in [3.05, 3.63) is 0 Å². The Morgan fingerprint density at radius 2 is 1.66 bits per heavy atom. The van der Waals surface area contributed by atoms with Crippen molar-refractivity contribution in [2.75, 3.05) is 47.5 Å². The lowest BCUT2D eigenvalue weighted by Gasteiger charge is -2.31. The molecule has 0 aromatic heterocycles. The molecular formula is C17H35N2O9P. The molecule has 0 amide bonds. The fourth-order valence-electron chi connectivity index (χ4n) is 2.22. The summed E-state index contributed by atoms with van der Waals surface area (Å²) < 4.78 is 26.8. The Hall–Kier alpha value is -1.07. The standard InChI is InChI=1S/C17H35N2O9P/c1-18-17(13-20,14-27-29(24,25)26-12-11-19(2)3)28-16(23)10-8-6-4-5-7-9-15(21)22/h18,20H,4-14H2,1-3H3,(H,21,22)(H,24,25). The van der Waals surface area contributed by atoms with Crippen LogP contribution in [-0.4, -0.2) is 85.2 Å². The molecule has 172 valence electrons. The zero-order valence-corrected chi connectivity index (χ0v) is 18.4. The van der Waals surface area contributed by atoms with E-state index < -0.39 is 38.7 Å². The number of carbonyl (C=O) groups excluding carboxylic acids is 1. The van der Waals surface area contributed by atoms with Gasteiger partial charge in [0.05, 0.1) is 13.2 Å². The molecule has 2 atom stereocenters. The van der Waals surface area contributed by atoms with Crippen molar-refractivity contribution in [3.63, 3.8) is 0 Å². The minimum atomic E-state index is -4.37. The van der Waals surface area contributed by atoms with Crippen LogP contribution in [0.4, 0.5) is 0 Å². The lowest BCUT2D eigenvalue weighted by atomic mass is 10.1. The largest absolute Gasteiger partial charge is 0.481 e. The third-order valence-electron chi connectivity index (χ3n) is 4.05. The number of rotatable bonds is 18. The normalized spacial score (nSPS) is 15.7. The van der Waals surface area contributed by atoms with Gasteiger partial charge in [-0.05, 0) is 34.0 Å². The van der Waals surface area contributed by atoms with Gasteiger partial charge < -0.3 is 24.7 Å². The zero-order chi connectivity index (χ0) is 22.3. The Morgan fingerprint density at radius 3 is 2.17 bits per heavy atom. The number of aliphatic hydroxyl groups excluding tert-OH is 1. The van der Waals surface area contributed by atoms with E-state index in [-0.39, 0.29) is 19.4 Å². The van der Waals surface area contributed by atoms with Crippen LogP contribution in [0.15, 0.2) is 0 Å². The van der Waals surface area contributed by atoms with E-state index in [4.69, 9.17) is 18.9 Å². The third-order valence-corrected chi connectivity index (χ3v) is 5.01. The predicted octanol–water partition coefficient (Wildman–Crippen LogP) is 0.948. The smallest absolute Gasteiger partial charge is 0.472 e. The number of hydrogen-bond acceptors (Lipinski definition) is 9. The maximum atomic E-state index is 12.1. The van der Waals surface area contributed by atoms with E-state index in [1.54, 1.807) is 19.0 Å². The summed E-state index contributed by atoms with van der Waals surface area (Å²) in [5.74, 6) is -1.41. The second-order valence-electron chi connectivity index (χ2n) is 6.92. The molecule has 0 heterocycles. The molecule has 0 saturated heterocycles. The molecule has 0 bridgehead atoms. The predicted molar refractivity (Wildman–Crippen MR) is 105 cm³/mol. The highest BCUT2D eigenvalue weighted by atomic mass is 31.2. The van der Waals surface area contributed by atoms with Gasteiger partial charge in [0.15, 0.2) is 0 Å². The molecule has 0 fully saturated rings. The van der Waals surface area contributed by atoms with Crippen molar-refractivity contribution in [2.45, 2.75) is 50.7 Å². The van der Waals surface area contributed by atoms with Crippen LogP contribution in [0.5, 0.6) is 0 Å². The molecule has 0 radical (unpaired) electrons. The maximum Gasteiger partial charge on any atom is 0.472 e. The first kappa shape index (κ1) is 27.9. The zero-order valence-electron chi connectivity index (χ0n) is 17.5. The number of likely N-dealkylation sites (N-methyl/N-ethyl adjacent to an activating group) is 2. The van der Waals surface area contributed by atoms with Gasteiger partial charge in [-0.3, -0.25) is 24.0 Å². The number of unbranched alkanes of at least 4 members (excludes halogenated alkanes) is 4. The number of aliphatic hydroxyl groups is 1. The van der Waals surface area contributed by atoms with Gasteiger partial charge in [-0.1, -0.05) is 19.3 Å². The number of carbonyl (C=O) groups is 2. The fourth-order valence-corrected chi connectivity index (χ4v) is 2.97. The molecule has 0 aliphatic rings. The number of carboxylic acid groups (broad SMARTS) is 1. The van der Waals surface area contributed by atoms with Crippen LogP contribution >= 0.6 is 7.82 Å². The summed E-state index contributed by atoms with van der Waals surface area (Å²) in [6.07, 6.45) is 3.69. The molecule has 12 heteroatoms. The fraction of sp³-hybridized carbons (Fsp3) is 0.882. The number of hydrogen-bond donors (Lipinski definition) is 4. The molecule has 4 N–H and O–H groups in total. The lowest BCUT2D eigenvalue weighted by molar-refractivity contribution is -0.174. The van der Waals surface area contributed by atoms with E-state index in [1.807, 2.05) is 0 Å². The summed E-state index contributed by atoms with van der Waals surface area (Å²) in [5, 5.41) is 20.8. The van der Waals surface area contributed by atoms with Gasteiger partial charge in [-0.25, -0.2) is 4.57 Å². The second kappa shape index (κ2) is 14.8. The van der Waals surface area contributed by atoms with Crippen molar-refractivity contribution in [1.82, 2.24) is 10.2 Å². The third kappa shape index (κ3) is 14.5. The highest BCUT2D eigenvalue weighted by molar-refractivity contribution is 7.47. The molecule has 11 nitrogen and oxygen atoms in total. The first-order valence-electron chi connectivity index (χ1n) is 9.56. The number of phosphoric ester groups is 1. The molecular weight excluding hydrogens is 407 g/mol. The van der Waals surface area contributed by atoms with Gasteiger partial charge in [0.1, 0.15) is 6.61 Å². The van der Waals surface area contributed by atoms with Crippen molar-refractivity contribution >= 4 is 19.8 Å². The Kier molecular flexibility index (Phi) is 14.3. The summed E-state index contributed by atoms with van der Waals surface area (Å²) in [6.45, 7) is -0.853. The number of ether oxygens (including phenoxy) is 1. The summed E-state index contributed by atoms with van der Waals surface area (Å²) >= 11 is 0. The summed E-state index contributed by atoms with van der Waals surface area (Å²) in [5.41, 5.74) is -1.66. The van der Waals surface area contributed by atoms with Crippen molar-refractivity contribution < 1.29 is 43.0 Å². The van der Waals surface area contributed by atoms with Crippen molar-refractivity contribution in [3.8, 4) is 0 Å². The van der Waals surface area contributed by atoms with Gasteiger partial charge in [0.25, 0.3) is 0 Å². The first-order chi connectivity index (χ1) is 13.6. The molecule has 0 aromatic carbocycles. The Balaban J connectivity index is 4.33. The number of phosphoric acid groups is 1. The Morgan fingerprint density at radius 1 is 1.07 bits per heavy atom. The maximum absolute atomic E-state index is 12.1. The SMILES string of the molecule is CNC(CO)(COP(=O)(O)OCCN(C)C)OC(=O)CCCCCCCC(=O)O. The van der Waals surface area contributed by atoms with Gasteiger partial charge in [0, 0.05) is 19.4 Å². The molecule has 0 aromatic rings. The monoisotopic (exact) mass is 442 g/mol.